The number of oxazole rings is 1. The monoisotopic (exact) mass is 248 g/mol. The second kappa shape index (κ2) is 5.40. The second-order valence-corrected chi connectivity index (χ2v) is 4.50. The molecule has 1 atom stereocenters. The Kier molecular flexibility index (Phi) is 3.87. The lowest BCUT2D eigenvalue weighted by molar-refractivity contribution is 0.501. The maximum absolute atomic E-state index is 11.7. The van der Waals surface area contributed by atoms with Crippen LogP contribution in [0.5, 0.6) is 0 Å². The summed E-state index contributed by atoms with van der Waals surface area (Å²) in [5, 5.41) is 3.25. The first kappa shape index (κ1) is 12.9. The normalized spacial score (nSPS) is 13.1. The number of hydrogen-bond acceptors (Lipinski definition) is 3. The van der Waals surface area contributed by atoms with E-state index in [1.165, 1.54) is 0 Å². The summed E-state index contributed by atoms with van der Waals surface area (Å²) in [6.07, 6.45) is 1.92. The lowest BCUT2D eigenvalue weighted by Crippen LogP contribution is -2.15. The molecule has 18 heavy (non-hydrogen) atoms. The van der Waals surface area contributed by atoms with Crippen molar-refractivity contribution in [2.75, 3.05) is 7.05 Å². The topological polar surface area (TPSA) is 47.2 Å². The summed E-state index contributed by atoms with van der Waals surface area (Å²) < 4.78 is 7.00. The number of fused-ring (bicyclic) bond motifs is 1. The molecule has 0 aliphatic carbocycles. The molecule has 2 aromatic rings. The van der Waals surface area contributed by atoms with Gasteiger partial charge in [-0.05, 0) is 37.6 Å². The Hall–Kier alpha value is -1.55. The molecule has 0 fully saturated rings. The molecule has 1 aromatic heterocycles. The van der Waals surface area contributed by atoms with Crippen LogP contribution in [0.1, 0.15) is 38.3 Å². The molecular weight excluding hydrogens is 228 g/mol. The Balaban J connectivity index is 2.50. The first-order valence-electron chi connectivity index (χ1n) is 6.51. The third-order valence-electron chi connectivity index (χ3n) is 3.30. The molecule has 4 nitrogen and oxygen atoms in total. The van der Waals surface area contributed by atoms with Crippen molar-refractivity contribution in [3.63, 3.8) is 0 Å². The zero-order valence-corrected chi connectivity index (χ0v) is 11.2. The Morgan fingerprint density at radius 1 is 1.39 bits per heavy atom. The molecule has 1 heterocycles. The zero-order valence-electron chi connectivity index (χ0n) is 11.2. The summed E-state index contributed by atoms with van der Waals surface area (Å²) in [4.78, 5) is 11.7. The predicted molar refractivity (Wildman–Crippen MR) is 72.9 cm³/mol. The van der Waals surface area contributed by atoms with Crippen LogP contribution in [0.4, 0.5) is 0 Å². The summed E-state index contributed by atoms with van der Waals surface area (Å²) in [6.45, 7) is 4.88. The van der Waals surface area contributed by atoms with E-state index in [2.05, 4.69) is 18.3 Å². The van der Waals surface area contributed by atoms with Gasteiger partial charge >= 0.3 is 5.76 Å². The number of hydrogen-bond donors (Lipinski definition) is 1. The quantitative estimate of drug-likeness (QED) is 0.885. The van der Waals surface area contributed by atoms with Gasteiger partial charge in [-0.3, -0.25) is 4.57 Å². The van der Waals surface area contributed by atoms with Crippen LogP contribution in [0.15, 0.2) is 27.4 Å². The lowest BCUT2D eigenvalue weighted by Gasteiger charge is -2.13. The lowest BCUT2D eigenvalue weighted by atomic mass is 10.0. The van der Waals surface area contributed by atoms with Gasteiger partial charge in [0.15, 0.2) is 5.58 Å². The van der Waals surface area contributed by atoms with Gasteiger partial charge < -0.3 is 9.73 Å². The van der Waals surface area contributed by atoms with Crippen LogP contribution in [0.3, 0.4) is 0 Å². The average molecular weight is 248 g/mol. The van der Waals surface area contributed by atoms with E-state index in [4.69, 9.17) is 4.42 Å². The molecule has 1 aromatic carbocycles. The Morgan fingerprint density at radius 3 is 2.78 bits per heavy atom. The predicted octanol–water partition coefficient (Wildman–Crippen LogP) is 2.68. The average Bonchev–Trinajstić information content (AvgIpc) is 2.67. The van der Waals surface area contributed by atoms with Crippen LogP contribution in [-0.4, -0.2) is 11.6 Å². The number of nitrogens with one attached hydrogen (secondary N) is 1. The van der Waals surface area contributed by atoms with Gasteiger partial charge in [-0.15, -0.1) is 0 Å². The maximum atomic E-state index is 11.7. The third kappa shape index (κ3) is 2.20. The molecule has 0 spiro atoms. The van der Waals surface area contributed by atoms with Crippen molar-refractivity contribution in [2.45, 2.75) is 39.3 Å². The molecule has 0 bridgehead atoms. The van der Waals surface area contributed by atoms with E-state index in [0.29, 0.717) is 18.2 Å². The van der Waals surface area contributed by atoms with Crippen LogP contribution in [-0.2, 0) is 6.54 Å². The van der Waals surface area contributed by atoms with E-state index in [1.807, 2.05) is 26.1 Å². The van der Waals surface area contributed by atoms with Crippen molar-refractivity contribution in [3.8, 4) is 0 Å². The number of benzene rings is 1. The van der Waals surface area contributed by atoms with Crippen LogP contribution in [0.25, 0.3) is 11.1 Å². The van der Waals surface area contributed by atoms with E-state index in [1.54, 1.807) is 4.57 Å². The maximum Gasteiger partial charge on any atom is 0.419 e. The van der Waals surface area contributed by atoms with Crippen LogP contribution < -0.4 is 11.1 Å². The molecule has 98 valence electrons. The summed E-state index contributed by atoms with van der Waals surface area (Å²) in [5.41, 5.74) is 2.72. The van der Waals surface area contributed by atoms with E-state index >= 15 is 0 Å². The molecule has 0 radical (unpaired) electrons. The van der Waals surface area contributed by atoms with E-state index in [-0.39, 0.29) is 5.76 Å². The van der Waals surface area contributed by atoms with E-state index in [0.717, 1.165) is 23.9 Å². The molecule has 2 rings (SSSR count). The summed E-state index contributed by atoms with van der Waals surface area (Å²) >= 11 is 0. The molecule has 0 aliphatic heterocycles. The molecule has 1 unspecified atom stereocenters. The SMILES string of the molecule is CCCn1c(=O)oc2cc(C(CC)NC)ccc21. The smallest absolute Gasteiger partial charge is 0.408 e. The molecule has 1 N–H and O–H groups in total. The van der Waals surface area contributed by atoms with Crippen LogP contribution in [0.2, 0.25) is 0 Å². The minimum absolute atomic E-state index is 0.262. The molecular formula is C14H20N2O2. The van der Waals surface area contributed by atoms with Gasteiger partial charge in [0.05, 0.1) is 5.52 Å². The Bertz CT molecular complexity index is 579. The van der Waals surface area contributed by atoms with Gasteiger partial charge in [0.2, 0.25) is 0 Å². The fourth-order valence-electron chi connectivity index (χ4n) is 2.34. The van der Waals surface area contributed by atoms with Crippen molar-refractivity contribution in [1.29, 1.82) is 0 Å². The van der Waals surface area contributed by atoms with Gasteiger partial charge in [0.1, 0.15) is 0 Å². The van der Waals surface area contributed by atoms with Gasteiger partial charge in [-0.2, -0.15) is 0 Å². The summed E-state index contributed by atoms with van der Waals surface area (Å²) in [6, 6.07) is 6.31. The fourth-order valence-corrected chi connectivity index (χ4v) is 2.34. The standard InChI is InChI=1S/C14H20N2O2/c1-4-8-16-12-7-6-10(11(5-2)15-3)9-13(12)18-14(16)17/h6-7,9,11,15H,4-5,8H2,1-3H3. The van der Waals surface area contributed by atoms with E-state index < -0.39 is 0 Å². The van der Waals surface area contributed by atoms with Crippen LogP contribution in [0, 0.1) is 0 Å². The van der Waals surface area contributed by atoms with Crippen molar-refractivity contribution in [3.05, 3.63) is 34.3 Å². The number of aromatic nitrogens is 1. The van der Waals surface area contributed by atoms with Crippen molar-refractivity contribution >= 4 is 11.1 Å². The minimum Gasteiger partial charge on any atom is -0.408 e. The summed E-state index contributed by atoms with van der Waals surface area (Å²) in [5.74, 6) is -0.262. The number of nitrogens with zero attached hydrogens (tertiary/aromatic N) is 1. The number of rotatable bonds is 5. The highest BCUT2D eigenvalue weighted by molar-refractivity contribution is 5.73. The fraction of sp³-hybridized carbons (Fsp3) is 0.500. The van der Waals surface area contributed by atoms with E-state index in [9.17, 15) is 4.79 Å². The highest BCUT2D eigenvalue weighted by Gasteiger charge is 2.12. The minimum atomic E-state index is -0.262. The Morgan fingerprint density at radius 2 is 2.17 bits per heavy atom. The third-order valence-corrected chi connectivity index (χ3v) is 3.30. The van der Waals surface area contributed by atoms with Gasteiger partial charge in [0.25, 0.3) is 0 Å². The van der Waals surface area contributed by atoms with Crippen LogP contribution >= 0.6 is 0 Å². The van der Waals surface area contributed by atoms with Crippen molar-refractivity contribution < 1.29 is 4.42 Å². The number of aryl methyl sites for hydroxylation is 1. The Labute approximate surface area is 107 Å². The largest absolute Gasteiger partial charge is 0.419 e. The zero-order chi connectivity index (χ0) is 13.1. The second-order valence-electron chi connectivity index (χ2n) is 4.50. The first-order valence-corrected chi connectivity index (χ1v) is 6.51. The highest BCUT2D eigenvalue weighted by atomic mass is 16.4. The molecule has 0 saturated heterocycles. The molecule has 0 amide bonds. The van der Waals surface area contributed by atoms with Crippen molar-refractivity contribution in [1.82, 2.24) is 9.88 Å². The molecule has 0 aliphatic rings. The van der Waals surface area contributed by atoms with Gasteiger partial charge in [-0.25, -0.2) is 4.79 Å². The highest BCUT2D eigenvalue weighted by Crippen LogP contribution is 2.21. The molecule has 0 saturated carbocycles. The van der Waals surface area contributed by atoms with Gasteiger partial charge in [-0.1, -0.05) is 19.9 Å². The molecule has 4 heteroatoms. The van der Waals surface area contributed by atoms with Gasteiger partial charge in [0, 0.05) is 12.6 Å². The van der Waals surface area contributed by atoms with Crippen molar-refractivity contribution in [2.24, 2.45) is 0 Å². The summed E-state index contributed by atoms with van der Waals surface area (Å²) in [7, 11) is 1.94. The first-order chi connectivity index (χ1) is 8.71.